The third-order valence-electron chi connectivity index (χ3n) is 2.70. The van der Waals surface area contributed by atoms with Crippen LogP contribution in [0.2, 0.25) is 0 Å². The number of aromatic nitrogens is 2. The van der Waals surface area contributed by atoms with E-state index < -0.39 is 0 Å². The lowest BCUT2D eigenvalue weighted by atomic mass is 10.3. The second-order valence-electron chi connectivity index (χ2n) is 4.39. The van der Waals surface area contributed by atoms with Gasteiger partial charge in [-0.15, -0.1) is 23.7 Å². The number of hydrogen-bond acceptors (Lipinski definition) is 6. The van der Waals surface area contributed by atoms with Crippen molar-refractivity contribution in [2.45, 2.75) is 39.5 Å². The molecule has 2 aromatic rings. The molecule has 106 valence electrons. The Bertz CT molecular complexity index is 472. The summed E-state index contributed by atoms with van der Waals surface area (Å²) in [5.74, 6) is 1.19. The lowest BCUT2D eigenvalue weighted by Crippen LogP contribution is -2.30. The molecule has 0 saturated carbocycles. The van der Waals surface area contributed by atoms with Crippen LogP contribution in [0.25, 0.3) is 0 Å². The molecule has 0 fully saturated rings. The molecule has 0 aliphatic rings. The summed E-state index contributed by atoms with van der Waals surface area (Å²) in [6.45, 7) is 6.20. The molecule has 0 aliphatic carbocycles. The normalized spacial score (nSPS) is 11.0. The maximum absolute atomic E-state index is 5.46. The predicted molar refractivity (Wildman–Crippen MR) is 78.1 cm³/mol. The molecule has 19 heavy (non-hydrogen) atoms. The smallest absolute Gasteiger partial charge is 0.240 e. The maximum atomic E-state index is 5.46. The van der Waals surface area contributed by atoms with E-state index >= 15 is 0 Å². The predicted octanol–water partition coefficient (Wildman–Crippen LogP) is 2.42. The molecule has 0 amide bonds. The molecule has 5 nitrogen and oxygen atoms in total. The Kier molecular flexibility index (Phi) is 6.44. The second-order valence-corrected chi connectivity index (χ2v) is 5.42. The van der Waals surface area contributed by atoms with Crippen LogP contribution in [0, 0.1) is 0 Å². The molecule has 0 aliphatic heterocycles. The molecule has 2 aromatic heterocycles. The molecular weight excluding hydrogens is 284 g/mol. The molecule has 2 heterocycles. The SMILES string of the molecule is CC(C)N(Cc1noc(CN)n1)Cc1cccs1.Cl. The maximum Gasteiger partial charge on any atom is 0.240 e. The Morgan fingerprint density at radius 1 is 1.42 bits per heavy atom. The van der Waals surface area contributed by atoms with E-state index in [9.17, 15) is 0 Å². The minimum absolute atomic E-state index is 0. The van der Waals surface area contributed by atoms with Gasteiger partial charge in [-0.25, -0.2) is 0 Å². The van der Waals surface area contributed by atoms with Crippen molar-refractivity contribution in [1.82, 2.24) is 15.0 Å². The topological polar surface area (TPSA) is 68.2 Å². The van der Waals surface area contributed by atoms with E-state index in [2.05, 4.69) is 46.4 Å². The van der Waals surface area contributed by atoms with Gasteiger partial charge in [-0.2, -0.15) is 4.98 Å². The molecule has 0 atom stereocenters. The Labute approximate surface area is 123 Å². The highest BCUT2D eigenvalue weighted by Crippen LogP contribution is 2.15. The summed E-state index contributed by atoms with van der Waals surface area (Å²) in [7, 11) is 0. The summed E-state index contributed by atoms with van der Waals surface area (Å²) in [6.07, 6.45) is 0. The van der Waals surface area contributed by atoms with Crippen molar-refractivity contribution in [3.05, 3.63) is 34.1 Å². The van der Waals surface area contributed by atoms with E-state index in [0.29, 0.717) is 30.8 Å². The number of nitrogens with two attached hydrogens (primary N) is 1. The van der Waals surface area contributed by atoms with E-state index in [0.717, 1.165) is 6.54 Å². The van der Waals surface area contributed by atoms with E-state index in [4.69, 9.17) is 10.3 Å². The van der Waals surface area contributed by atoms with E-state index in [-0.39, 0.29) is 12.4 Å². The van der Waals surface area contributed by atoms with Gasteiger partial charge in [0.05, 0.1) is 13.1 Å². The number of halogens is 1. The van der Waals surface area contributed by atoms with Crippen molar-refractivity contribution >= 4 is 23.7 Å². The first-order valence-electron chi connectivity index (χ1n) is 5.97. The van der Waals surface area contributed by atoms with Gasteiger partial charge in [-0.3, -0.25) is 4.90 Å². The zero-order chi connectivity index (χ0) is 13.0. The highest BCUT2D eigenvalue weighted by Gasteiger charge is 2.15. The van der Waals surface area contributed by atoms with Gasteiger partial charge >= 0.3 is 0 Å². The van der Waals surface area contributed by atoms with Crippen LogP contribution in [0.5, 0.6) is 0 Å². The van der Waals surface area contributed by atoms with Crippen molar-refractivity contribution < 1.29 is 4.52 Å². The fourth-order valence-electron chi connectivity index (χ4n) is 1.64. The summed E-state index contributed by atoms with van der Waals surface area (Å²) in [5.41, 5.74) is 5.46. The fourth-order valence-corrected chi connectivity index (χ4v) is 2.37. The highest BCUT2D eigenvalue weighted by molar-refractivity contribution is 7.09. The first-order valence-corrected chi connectivity index (χ1v) is 6.85. The number of hydrogen-bond donors (Lipinski definition) is 1. The number of thiophene rings is 1. The van der Waals surface area contributed by atoms with Crippen LogP contribution >= 0.6 is 23.7 Å². The minimum Gasteiger partial charge on any atom is -0.338 e. The van der Waals surface area contributed by atoms with Gasteiger partial charge in [0, 0.05) is 17.5 Å². The highest BCUT2D eigenvalue weighted by atomic mass is 35.5. The average Bonchev–Trinajstić information content (AvgIpc) is 2.99. The zero-order valence-electron chi connectivity index (χ0n) is 11.1. The van der Waals surface area contributed by atoms with Crippen LogP contribution in [0.3, 0.4) is 0 Å². The molecule has 0 saturated heterocycles. The van der Waals surface area contributed by atoms with Gasteiger partial charge < -0.3 is 10.3 Å². The van der Waals surface area contributed by atoms with Crippen LogP contribution in [0.4, 0.5) is 0 Å². The quantitative estimate of drug-likeness (QED) is 0.887. The van der Waals surface area contributed by atoms with Crippen LogP contribution in [-0.4, -0.2) is 21.1 Å². The molecule has 0 unspecified atom stereocenters. The van der Waals surface area contributed by atoms with Crippen molar-refractivity contribution in [3.63, 3.8) is 0 Å². The zero-order valence-corrected chi connectivity index (χ0v) is 12.7. The lowest BCUT2D eigenvalue weighted by molar-refractivity contribution is 0.197. The first kappa shape index (κ1) is 16.1. The van der Waals surface area contributed by atoms with E-state index in [1.807, 2.05) is 0 Å². The number of rotatable bonds is 6. The monoisotopic (exact) mass is 302 g/mol. The Hall–Kier alpha value is -0.950. The molecular formula is C12H19ClN4OS. The third-order valence-corrected chi connectivity index (χ3v) is 3.56. The molecule has 0 aromatic carbocycles. The van der Waals surface area contributed by atoms with Crippen LogP contribution in [0.1, 0.15) is 30.4 Å². The van der Waals surface area contributed by atoms with Gasteiger partial charge in [-0.1, -0.05) is 11.2 Å². The van der Waals surface area contributed by atoms with E-state index in [1.54, 1.807) is 11.3 Å². The van der Waals surface area contributed by atoms with Crippen LogP contribution in [-0.2, 0) is 19.6 Å². The van der Waals surface area contributed by atoms with Gasteiger partial charge in [0.2, 0.25) is 5.89 Å². The number of nitrogens with zero attached hydrogens (tertiary/aromatic N) is 3. The Morgan fingerprint density at radius 2 is 2.21 bits per heavy atom. The van der Waals surface area contributed by atoms with Crippen molar-refractivity contribution in [1.29, 1.82) is 0 Å². The summed E-state index contributed by atoms with van der Waals surface area (Å²) in [4.78, 5) is 7.88. The van der Waals surface area contributed by atoms with Crippen molar-refractivity contribution in [2.75, 3.05) is 0 Å². The van der Waals surface area contributed by atoms with E-state index in [1.165, 1.54) is 4.88 Å². The van der Waals surface area contributed by atoms with Crippen LogP contribution in [0.15, 0.2) is 22.0 Å². The standard InChI is InChI=1S/C12H18N4OS.ClH/c1-9(2)16(7-10-4-3-5-18-10)8-11-14-12(6-13)17-15-11;/h3-5,9H,6-8,13H2,1-2H3;1H. The summed E-state index contributed by atoms with van der Waals surface area (Å²) in [5, 5.41) is 6.03. The van der Waals surface area contributed by atoms with Crippen molar-refractivity contribution in [3.8, 4) is 0 Å². The molecule has 0 bridgehead atoms. The largest absolute Gasteiger partial charge is 0.338 e. The van der Waals surface area contributed by atoms with Gasteiger partial charge in [0.15, 0.2) is 5.82 Å². The van der Waals surface area contributed by atoms with Crippen molar-refractivity contribution in [2.24, 2.45) is 5.73 Å². The lowest BCUT2D eigenvalue weighted by Gasteiger charge is -2.24. The van der Waals surface area contributed by atoms with Gasteiger partial charge in [0.1, 0.15) is 0 Å². The summed E-state index contributed by atoms with van der Waals surface area (Å²) >= 11 is 1.76. The summed E-state index contributed by atoms with van der Waals surface area (Å²) < 4.78 is 5.02. The Morgan fingerprint density at radius 3 is 2.74 bits per heavy atom. The molecule has 0 radical (unpaired) electrons. The Balaban J connectivity index is 0.00000180. The fraction of sp³-hybridized carbons (Fsp3) is 0.500. The average molecular weight is 303 g/mol. The summed E-state index contributed by atoms with van der Waals surface area (Å²) in [6, 6.07) is 4.63. The molecule has 2 rings (SSSR count). The third kappa shape index (κ3) is 4.58. The van der Waals surface area contributed by atoms with Crippen LogP contribution < -0.4 is 5.73 Å². The first-order chi connectivity index (χ1) is 8.69. The minimum atomic E-state index is 0. The second kappa shape index (κ2) is 7.59. The molecule has 7 heteroatoms. The molecule has 0 spiro atoms. The molecule has 2 N–H and O–H groups in total. The van der Waals surface area contributed by atoms with Gasteiger partial charge in [0.25, 0.3) is 0 Å². The van der Waals surface area contributed by atoms with Gasteiger partial charge in [-0.05, 0) is 25.3 Å².